The van der Waals surface area contributed by atoms with Gasteiger partial charge in [0.15, 0.2) is 5.69 Å². The highest BCUT2D eigenvalue weighted by Gasteiger charge is 2.34. The van der Waals surface area contributed by atoms with Gasteiger partial charge in [-0.2, -0.15) is 0 Å². The lowest BCUT2D eigenvalue weighted by Crippen LogP contribution is -2.32. The van der Waals surface area contributed by atoms with Crippen LogP contribution in [0.15, 0.2) is 23.6 Å². The molecule has 1 aromatic carbocycles. The Morgan fingerprint density at radius 2 is 1.96 bits per heavy atom. The maximum Gasteiger partial charge on any atom is 0.357 e. The molecular weight excluding hydrogens is 383 g/mol. The van der Waals surface area contributed by atoms with Crippen LogP contribution in [0.5, 0.6) is 0 Å². The summed E-state index contributed by atoms with van der Waals surface area (Å²) in [5.41, 5.74) is 0.724. The second-order valence-corrected chi connectivity index (χ2v) is 7.48. The Kier molecular flexibility index (Phi) is 5.61. The average molecular weight is 399 g/mol. The molecule has 2 aromatic rings. The molecule has 1 amide bonds. The van der Waals surface area contributed by atoms with E-state index in [1.54, 1.807) is 35.4 Å². The van der Waals surface area contributed by atoms with Gasteiger partial charge < -0.3 is 9.64 Å². The maximum atomic E-state index is 12.9. The molecule has 132 valence electrons. The Morgan fingerprint density at radius 3 is 2.56 bits per heavy atom. The third-order valence-electron chi connectivity index (χ3n) is 3.70. The monoisotopic (exact) mass is 398 g/mol. The van der Waals surface area contributed by atoms with E-state index < -0.39 is 5.97 Å². The summed E-state index contributed by atoms with van der Waals surface area (Å²) < 4.78 is 4.94. The molecular formula is C17H16Cl2N2O3S. The van der Waals surface area contributed by atoms with Crippen LogP contribution in [0.2, 0.25) is 10.0 Å². The number of thiazole rings is 1. The van der Waals surface area contributed by atoms with Crippen molar-refractivity contribution < 1.29 is 14.3 Å². The van der Waals surface area contributed by atoms with Gasteiger partial charge in [0.05, 0.1) is 13.2 Å². The number of aromatic nitrogens is 1. The van der Waals surface area contributed by atoms with Crippen molar-refractivity contribution in [3.05, 3.63) is 49.9 Å². The molecule has 0 radical (unpaired) electrons. The second-order valence-electron chi connectivity index (χ2n) is 5.67. The molecule has 0 unspecified atom stereocenters. The quantitative estimate of drug-likeness (QED) is 0.675. The fourth-order valence-electron chi connectivity index (χ4n) is 2.42. The zero-order chi connectivity index (χ0) is 18.0. The maximum absolute atomic E-state index is 12.9. The summed E-state index contributed by atoms with van der Waals surface area (Å²) >= 11 is 13.3. The first-order chi connectivity index (χ1) is 12.0. The molecule has 8 heteroatoms. The molecule has 1 saturated carbocycles. The SMILES string of the molecule is CCOC(=O)c1csc(CN(C(=O)c2cc(Cl)cc(Cl)c2)C2CC2)n1. The largest absolute Gasteiger partial charge is 0.461 e. The lowest BCUT2D eigenvalue weighted by molar-refractivity contribution is 0.0520. The number of esters is 1. The number of amides is 1. The van der Waals surface area contributed by atoms with Gasteiger partial charge in [0, 0.05) is 27.0 Å². The number of carbonyl (C=O) groups is 2. The van der Waals surface area contributed by atoms with Gasteiger partial charge in [0.25, 0.3) is 5.91 Å². The Bertz CT molecular complexity index is 785. The van der Waals surface area contributed by atoms with E-state index in [2.05, 4.69) is 4.98 Å². The van der Waals surface area contributed by atoms with Gasteiger partial charge >= 0.3 is 5.97 Å². The van der Waals surface area contributed by atoms with Crippen LogP contribution in [0.3, 0.4) is 0 Å². The number of rotatable bonds is 6. The van der Waals surface area contributed by atoms with Crippen LogP contribution in [0, 0.1) is 0 Å². The van der Waals surface area contributed by atoms with Crippen molar-refractivity contribution in [1.82, 2.24) is 9.88 Å². The zero-order valence-electron chi connectivity index (χ0n) is 13.5. The van der Waals surface area contributed by atoms with Gasteiger partial charge in [-0.25, -0.2) is 9.78 Å². The smallest absolute Gasteiger partial charge is 0.357 e. The van der Waals surface area contributed by atoms with Crippen molar-refractivity contribution in [3.8, 4) is 0 Å². The van der Waals surface area contributed by atoms with E-state index in [0.29, 0.717) is 33.8 Å². The molecule has 0 atom stereocenters. The van der Waals surface area contributed by atoms with E-state index in [1.807, 2.05) is 0 Å². The number of ether oxygens (including phenoxy) is 1. The van der Waals surface area contributed by atoms with Crippen molar-refractivity contribution in [2.24, 2.45) is 0 Å². The lowest BCUT2D eigenvalue weighted by atomic mass is 10.2. The molecule has 1 fully saturated rings. The van der Waals surface area contributed by atoms with Crippen molar-refractivity contribution in [3.63, 3.8) is 0 Å². The number of carbonyl (C=O) groups excluding carboxylic acids is 2. The molecule has 1 aliphatic rings. The van der Waals surface area contributed by atoms with Gasteiger partial charge in [-0.05, 0) is 38.0 Å². The molecule has 1 heterocycles. The van der Waals surface area contributed by atoms with Gasteiger partial charge in [-0.15, -0.1) is 11.3 Å². The molecule has 5 nitrogen and oxygen atoms in total. The first-order valence-corrected chi connectivity index (χ1v) is 9.50. The summed E-state index contributed by atoms with van der Waals surface area (Å²) in [7, 11) is 0. The van der Waals surface area contributed by atoms with Gasteiger partial charge in [-0.1, -0.05) is 23.2 Å². The van der Waals surface area contributed by atoms with Crippen molar-refractivity contribution in [1.29, 1.82) is 0 Å². The minimum atomic E-state index is -0.448. The average Bonchev–Trinajstić information content (AvgIpc) is 3.29. The van der Waals surface area contributed by atoms with E-state index in [4.69, 9.17) is 27.9 Å². The number of benzene rings is 1. The zero-order valence-corrected chi connectivity index (χ0v) is 15.8. The van der Waals surface area contributed by atoms with Crippen LogP contribution >= 0.6 is 34.5 Å². The summed E-state index contributed by atoms with van der Waals surface area (Å²) in [5, 5.41) is 3.19. The minimum absolute atomic E-state index is 0.139. The first kappa shape index (κ1) is 18.2. The summed E-state index contributed by atoms with van der Waals surface area (Å²) in [6.45, 7) is 2.39. The summed E-state index contributed by atoms with van der Waals surface area (Å²) in [4.78, 5) is 30.7. The van der Waals surface area contributed by atoms with Gasteiger partial charge in [-0.3, -0.25) is 4.79 Å². The van der Waals surface area contributed by atoms with Gasteiger partial charge in [0.1, 0.15) is 5.01 Å². The summed E-state index contributed by atoms with van der Waals surface area (Å²) in [5.74, 6) is -0.587. The Morgan fingerprint density at radius 1 is 1.28 bits per heavy atom. The molecule has 25 heavy (non-hydrogen) atoms. The third-order valence-corrected chi connectivity index (χ3v) is 4.97. The molecule has 0 saturated heterocycles. The fourth-order valence-corrected chi connectivity index (χ4v) is 3.71. The molecule has 1 aliphatic carbocycles. The number of halogens is 2. The Balaban J connectivity index is 1.78. The van der Waals surface area contributed by atoms with Gasteiger partial charge in [0.2, 0.25) is 0 Å². The standard InChI is InChI=1S/C17H16Cl2N2O3S/c1-2-24-17(23)14-9-25-15(20-14)8-21(13-3-4-13)16(22)10-5-11(18)7-12(19)6-10/h5-7,9,13H,2-4,8H2,1H3. The summed E-state index contributed by atoms with van der Waals surface area (Å²) in [6.07, 6.45) is 1.91. The van der Waals surface area contributed by atoms with E-state index in [0.717, 1.165) is 12.8 Å². The van der Waals surface area contributed by atoms with E-state index in [1.165, 1.54) is 11.3 Å². The molecule has 0 aliphatic heterocycles. The van der Waals surface area contributed by atoms with Crippen molar-refractivity contribution in [2.45, 2.75) is 32.4 Å². The van der Waals surface area contributed by atoms with Crippen LogP contribution in [0.25, 0.3) is 0 Å². The number of hydrogen-bond acceptors (Lipinski definition) is 5. The molecule has 1 aromatic heterocycles. The Labute approximate surface area is 159 Å². The fraction of sp³-hybridized carbons (Fsp3) is 0.353. The van der Waals surface area contributed by atoms with Crippen LogP contribution < -0.4 is 0 Å². The van der Waals surface area contributed by atoms with E-state index >= 15 is 0 Å². The second kappa shape index (κ2) is 7.72. The number of hydrogen-bond donors (Lipinski definition) is 0. The van der Waals surface area contributed by atoms with E-state index in [-0.39, 0.29) is 17.6 Å². The first-order valence-electron chi connectivity index (χ1n) is 7.86. The van der Waals surface area contributed by atoms with Crippen molar-refractivity contribution >= 4 is 46.4 Å². The molecule has 3 rings (SSSR count). The van der Waals surface area contributed by atoms with Crippen LogP contribution in [0.1, 0.15) is 45.6 Å². The molecule has 0 bridgehead atoms. The highest BCUT2D eigenvalue weighted by molar-refractivity contribution is 7.09. The summed E-state index contributed by atoms with van der Waals surface area (Å²) in [6, 6.07) is 4.99. The molecule has 0 N–H and O–H groups in total. The van der Waals surface area contributed by atoms with Crippen molar-refractivity contribution in [2.75, 3.05) is 6.61 Å². The normalized spacial score (nSPS) is 13.6. The van der Waals surface area contributed by atoms with E-state index in [9.17, 15) is 9.59 Å². The predicted octanol–water partition coefficient (Wildman–Crippen LogP) is 4.43. The highest BCUT2D eigenvalue weighted by atomic mass is 35.5. The van der Waals surface area contributed by atoms with Crippen LogP contribution in [-0.2, 0) is 11.3 Å². The Hall–Kier alpha value is -1.63. The third kappa shape index (κ3) is 4.51. The predicted molar refractivity (Wildman–Crippen MR) is 97.4 cm³/mol. The topological polar surface area (TPSA) is 59.5 Å². The highest BCUT2D eigenvalue weighted by Crippen LogP contribution is 2.31. The minimum Gasteiger partial charge on any atom is -0.461 e. The van der Waals surface area contributed by atoms with Crippen LogP contribution in [-0.4, -0.2) is 34.4 Å². The number of nitrogens with zero attached hydrogens (tertiary/aromatic N) is 2. The van der Waals surface area contributed by atoms with Crippen LogP contribution in [0.4, 0.5) is 0 Å². The molecule has 0 spiro atoms. The lowest BCUT2D eigenvalue weighted by Gasteiger charge is -2.21.